The van der Waals surface area contributed by atoms with Crippen molar-refractivity contribution >= 4 is 17.6 Å². The summed E-state index contributed by atoms with van der Waals surface area (Å²) in [4.78, 5) is 23.3. The van der Waals surface area contributed by atoms with Crippen molar-refractivity contribution < 1.29 is 27.9 Å². The van der Waals surface area contributed by atoms with Gasteiger partial charge in [0.15, 0.2) is 0 Å². The molecule has 136 valence electrons. The van der Waals surface area contributed by atoms with Crippen LogP contribution in [0, 0.1) is 0 Å². The highest BCUT2D eigenvalue weighted by atomic mass is 19.4. The van der Waals surface area contributed by atoms with E-state index in [4.69, 9.17) is 5.11 Å². The number of nitrogens with one attached hydrogen (secondary N) is 2. The fourth-order valence-corrected chi connectivity index (χ4v) is 2.85. The predicted octanol–water partition coefficient (Wildman–Crippen LogP) is 3.17. The number of halogens is 3. The first-order chi connectivity index (χ1) is 12.2. The van der Waals surface area contributed by atoms with Crippen molar-refractivity contribution in [2.75, 3.05) is 11.9 Å². The Morgan fingerprint density at radius 3 is 2.58 bits per heavy atom. The zero-order valence-corrected chi connectivity index (χ0v) is 13.4. The summed E-state index contributed by atoms with van der Waals surface area (Å²) in [6.45, 7) is 0.393. The van der Waals surface area contributed by atoms with E-state index in [1.807, 2.05) is 0 Å². The summed E-state index contributed by atoms with van der Waals surface area (Å²) in [7, 11) is 0. The largest absolute Gasteiger partial charge is 0.478 e. The number of alkyl halides is 3. The van der Waals surface area contributed by atoms with Crippen molar-refractivity contribution in [1.82, 2.24) is 5.32 Å². The van der Waals surface area contributed by atoms with Gasteiger partial charge in [-0.25, -0.2) is 4.79 Å². The molecule has 1 unspecified atom stereocenters. The Balaban J connectivity index is 1.73. The molecule has 0 saturated heterocycles. The summed E-state index contributed by atoms with van der Waals surface area (Å²) in [5.74, 6) is -1.66. The lowest BCUT2D eigenvalue weighted by molar-refractivity contribution is -0.137. The number of aromatic carboxylic acids is 1. The quantitative estimate of drug-likeness (QED) is 0.782. The van der Waals surface area contributed by atoms with Crippen LogP contribution in [0.15, 0.2) is 42.5 Å². The molecule has 3 rings (SSSR count). The van der Waals surface area contributed by atoms with Gasteiger partial charge in [0.1, 0.15) is 0 Å². The molecule has 1 amide bonds. The van der Waals surface area contributed by atoms with Crippen LogP contribution in [0.25, 0.3) is 0 Å². The first-order valence-corrected chi connectivity index (χ1v) is 7.82. The van der Waals surface area contributed by atoms with E-state index < -0.39 is 23.6 Å². The van der Waals surface area contributed by atoms with Gasteiger partial charge in [0.25, 0.3) is 5.91 Å². The molecular formula is C18H15F3N2O3. The molecule has 0 saturated carbocycles. The molecule has 5 nitrogen and oxygen atoms in total. The van der Waals surface area contributed by atoms with E-state index in [0.717, 1.165) is 23.4 Å². The van der Waals surface area contributed by atoms with Crippen LogP contribution < -0.4 is 10.6 Å². The van der Waals surface area contributed by atoms with Gasteiger partial charge < -0.3 is 15.7 Å². The maximum atomic E-state index is 12.8. The van der Waals surface area contributed by atoms with E-state index in [-0.39, 0.29) is 17.2 Å². The van der Waals surface area contributed by atoms with E-state index in [9.17, 15) is 22.8 Å². The summed E-state index contributed by atoms with van der Waals surface area (Å²) in [6, 6.07) is 8.51. The molecule has 8 heteroatoms. The lowest BCUT2D eigenvalue weighted by atomic mass is 9.97. The van der Waals surface area contributed by atoms with Gasteiger partial charge in [-0.05, 0) is 48.4 Å². The molecule has 0 radical (unpaired) electrons. The molecule has 0 aliphatic carbocycles. The van der Waals surface area contributed by atoms with Gasteiger partial charge in [0, 0.05) is 17.8 Å². The minimum absolute atomic E-state index is 0.0788. The Morgan fingerprint density at radius 2 is 1.88 bits per heavy atom. The van der Waals surface area contributed by atoms with Gasteiger partial charge >= 0.3 is 12.1 Å². The Kier molecular flexibility index (Phi) is 4.58. The highest BCUT2D eigenvalue weighted by molar-refractivity contribution is 5.94. The van der Waals surface area contributed by atoms with E-state index in [1.54, 1.807) is 6.07 Å². The molecule has 1 atom stereocenters. The molecule has 2 aromatic rings. The first kappa shape index (κ1) is 17.8. The van der Waals surface area contributed by atoms with E-state index in [2.05, 4.69) is 10.6 Å². The van der Waals surface area contributed by atoms with Gasteiger partial charge in [0.2, 0.25) is 0 Å². The molecule has 0 bridgehead atoms. The molecular weight excluding hydrogens is 349 g/mol. The van der Waals surface area contributed by atoms with E-state index in [1.165, 1.54) is 24.3 Å². The smallest absolute Gasteiger partial charge is 0.416 e. The average Bonchev–Trinajstić information content (AvgIpc) is 2.60. The third-order valence-electron chi connectivity index (χ3n) is 4.14. The second kappa shape index (κ2) is 6.70. The standard InChI is InChI=1S/C18H15F3N2O3/c19-18(20,21)13-3-1-2-10(7-13)16(24)23-14-8-12-6-11(17(25)26)4-5-15(12)22-9-14/h1-7,14,22H,8-9H2,(H,23,24)(H,25,26). The van der Waals surface area contributed by atoms with Crippen LogP contribution >= 0.6 is 0 Å². The third-order valence-corrected chi connectivity index (χ3v) is 4.14. The highest BCUT2D eigenvalue weighted by Crippen LogP contribution is 2.29. The summed E-state index contributed by atoms with van der Waals surface area (Å²) in [6.07, 6.45) is -4.14. The van der Waals surface area contributed by atoms with Gasteiger partial charge in [-0.3, -0.25) is 4.79 Å². The summed E-state index contributed by atoms with van der Waals surface area (Å²) in [5, 5.41) is 14.8. The van der Waals surface area contributed by atoms with Crippen molar-refractivity contribution in [3.63, 3.8) is 0 Å². The Labute approximate surface area is 146 Å². The number of hydrogen-bond donors (Lipinski definition) is 3. The molecule has 2 aromatic carbocycles. The zero-order chi connectivity index (χ0) is 18.9. The first-order valence-electron chi connectivity index (χ1n) is 7.82. The Hall–Kier alpha value is -3.03. The zero-order valence-electron chi connectivity index (χ0n) is 13.4. The second-order valence-electron chi connectivity index (χ2n) is 6.01. The number of hydrogen-bond acceptors (Lipinski definition) is 3. The van der Waals surface area contributed by atoms with E-state index >= 15 is 0 Å². The fourth-order valence-electron chi connectivity index (χ4n) is 2.85. The lowest BCUT2D eigenvalue weighted by Gasteiger charge is -2.27. The molecule has 1 aliphatic heterocycles. The van der Waals surface area contributed by atoms with E-state index in [0.29, 0.717) is 13.0 Å². The maximum absolute atomic E-state index is 12.8. The number of amides is 1. The van der Waals surface area contributed by atoms with Crippen molar-refractivity contribution in [2.24, 2.45) is 0 Å². The van der Waals surface area contributed by atoms with Crippen molar-refractivity contribution in [2.45, 2.75) is 18.6 Å². The average molecular weight is 364 g/mol. The fraction of sp³-hybridized carbons (Fsp3) is 0.222. The number of carbonyl (C=O) groups excluding carboxylic acids is 1. The number of carboxylic acid groups (broad SMARTS) is 1. The van der Waals surface area contributed by atoms with Crippen LogP contribution in [-0.2, 0) is 12.6 Å². The molecule has 1 aliphatic rings. The van der Waals surface area contributed by atoms with Gasteiger partial charge in [-0.15, -0.1) is 0 Å². The molecule has 0 fully saturated rings. The highest BCUT2D eigenvalue weighted by Gasteiger charge is 2.31. The van der Waals surface area contributed by atoms with Crippen LogP contribution in [0.2, 0.25) is 0 Å². The van der Waals surface area contributed by atoms with Crippen molar-refractivity contribution in [3.05, 3.63) is 64.7 Å². The van der Waals surface area contributed by atoms with Crippen LogP contribution in [0.4, 0.5) is 18.9 Å². The predicted molar refractivity (Wildman–Crippen MR) is 88.3 cm³/mol. The normalized spacial score (nSPS) is 16.3. The SMILES string of the molecule is O=C(O)c1ccc2c(c1)CC(NC(=O)c1cccc(C(F)(F)F)c1)CN2. The second-order valence-corrected chi connectivity index (χ2v) is 6.01. The molecule has 3 N–H and O–H groups in total. The summed E-state index contributed by atoms with van der Waals surface area (Å²) < 4.78 is 38.3. The third kappa shape index (κ3) is 3.79. The number of carbonyl (C=O) groups is 2. The van der Waals surface area contributed by atoms with Crippen LogP contribution in [0.3, 0.4) is 0 Å². The number of fused-ring (bicyclic) bond motifs is 1. The molecule has 0 spiro atoms. The van der Waals surface area contributed by atoms with Gasteiger partial charge in [-0.2, -0.15) is 13.2 Å². The van der Waals surface area contributed by atoms with Gasteiger partial charge in [0.05, 0.1) is 17.2 Å². The Bertz CT molecular complexity index is 865. The van der Waals surface area contributed by atoms with Crippen LogP contribution in [-0.4, -0.2) is 29.6 Å². The number of carboxylic acids is 1. The monoisotopic (exact) mass is 364 g/mol. The van der Waals surface area contributed by atoms with Crippen molar-refractivity contribution in [3.8, 4) is 0 Å². The maximum Gasteiger partial charge on any atom is 0.416 e. The number of benzene rings is 2. The number of rotatable bonds is 3. The summed E-state index contributed by atoms with van der Waals surface area (Å²) in [5.41, 5.74) is 0.675. The molecule has 1 heterocycles. The van der Waals surface area contributed by atoms with Crippen molar-refractivity contribution in [1.29, 1.82) is 0 Å². The van der Waals surface area contributed by atoms with Gasteiger partial charge in [-0.1, -0.05) is 6.07 Å². The van der Waals surface area contributed by atoms with Crippen LogP contribution in [0.1, 0.15) is 31.8 Å². The summed E-state index contributed by atoms with van der Waals surface area (Å²) >= 11 is 0. The number of anilines is 1. The topological polar surface area (TPSA) is 78.4 Å². The lowest BCUT2D eigenvalue weighted by Crippen LogP contribution is -2.43. The molecule has 26 heavy (non-hydrogen) atoms. The Morgan fingerprint density at radius 1 is 1.12 bits per heavy atom. The van der Waals surface area contributed by atoms with Crippen LogP contribution in [0.5, 0.6) is 0 Å². The minimum atomic E-state index is -4.52. The molecule has 0 aromatic heterocycles. The minimum Gasteiger partial charge on any atom is -0.478 e.